The number of carbonyl (C=O) groups is 4. The third kappa shape index (κ3) is 23.6. The van der Waals surface area contributed by atoms with E-state index in [2.05, 4.69) is 41.2 Å². The Balaban J connectivity index is 1.09. The van der Waals surface area contributed by atoms with Crippen LogP contribution >= 0.6 is 48.8 Å². The van der Waals surface area contributed by atoms with E-state index in [4.69, 9.17) is 75.8 Å². The van der Waals surface area contributed by atoms with Gasteiger partial charge in [0, 0.05) is 66.9 Å². The van der Waals surface area contributed by atoms with Crippen molar-refractivity contribution in [2.75, 3.05) is 114 Å². The van der Waals surface area contributed by atoms with E-state index in [1.807, 2.05) is 0 Å². The third-order valence-corrected chi connectivity index (χ3v) is 22.2. The number of nitrogens with one attached hydrogen (secondary N) is 3. The van der Waals surface area contributed by atoms with Gasteiger partial charge >= 0.3 is 0 Å². The van der Waals surface area contributed by atoms with Crippen molar-refractivity contribution < 1.29 is 192 Å². The van der Waals surface area contributed by atoms with E-state index in [1.54, 1.807) is 0 Å². The number of likely N-dealkylation sites (N-methyl/N-ethyl adjacent to an activating group) is 1. The van der Waals surface area contributed by atoms with Gasteiger partial charge < -0.3 is 189 Å². The number of hydrogen-bond acceptors (Lipinski definition) is 44. The van der Waals surface area contributed by atoms with Crippen molar-refractivity contribution in [2.24, 2.45) is 5.92 Å². The molecule has 0 aromatic rings. The van der Waals surface area contributed by atoms with Gasteiger partial charge in [-0.25, -0.2) is 0 Å². The lowest BCUT2D eigenvalue weighted by Crippen LogP contribution is -2.68. The normalized spacial score (nSPS) is 43.0. The predicted molar refractivity (Wildman–Crippen MR) is 370 cm³/mol. The number of rotatable bonds is 31. The second kappa shape index (κ2) is 44.7. The summed E-state index contributed by atoms with van der Waals surface area (Å²) >= 11 is 10.2. The Labute approximate surface area is 644 Å². The SMILES string of the molecule is CN[C@H](CSCC1O[C@H]2O[C@@H]3C(CO)O[C@H](O[C@@H]4C(CO)O[C@H](O[C@@H]5C(CO)O[C@H](O[C@@H]6C(CSC[C@@H](CC(=O)CCOCCOCCC(C)=O)C(=O)NCCS)O[C@H](O[C@@H]7C(CO)O[C@@H](O[C@@H]8C(CO)O[C@@H](O[C@H]1[C@H](O)C2O)C(O)[C@H]8O)C(O)[C@H]7O)C(O)[C@H]6O)C(O)[C@H]5O)C(O)[C@H]4O)C(O)[C@H]3O)C(=O)NCCS. The molecule has 21 aliphatic rings. The topological polar surface area (TPSA) is 636 Å². The third-order valence-electron chi connectivity index (χ3n) is 19.4. The van der Waals surface area contributed by atoms with Crippen LogP contribution in [0, 0.1) is 5.92 Å². The lowest BCUT2D eigenvalue weighted by Gasteiger charge is -2.50. The Morgan fingerprint density at radius 1 is 0.367 bits per heavy atom. The van der Waals surface area contributed by atoms with Gasteiger partial charge in [0.1, 0.15) is 170 Å². The number of thiol groups is 2. The fourth-order valence-electron chi connectivity index (χ4n) is 13.3. The molecule has 22 N–H and O–H groups in total. The van der Waals surface area contributed by atoms with Gasteiger partial charge in [0.25, 0.3) is 0 Å². The van der Waals surface area contributed by atoms with Gasteiger partial charge in [-0.1, -0.05) is 0 Å². The van der Waals surface area contributed by atoms with Gasteiger partial charge in [0.05, 0.1) is 83.6 Å². The number of thioether (sulfide) groups is 2. The van der Waals surface area contributed by atoms with Crippen LogP contribution < -0.4 is 16.0 Å². The number of ketones is 2. The fourth-order valence-corrected chi connectivity index (χ4v) is 15.9. The maximum absolute atomic E-state index is 13.7. The molecule has 0 saturated carbocycles. The first kappa shape index (κ1) is 92.7. The molecule has 109 heavy (non-hydrogen) atoms. The Morgan fingerprint density at radius 3 is 0.908 bits per heavy atom. The molecule has 2 amide bonds. The van der Waals surface area contributed by atoms with Crippen molar-refractivity contribution in [3.8, 4) is 0 Å². The minimum absolute atomic E-state index is 0.0103. The van der Waals surface area contributed by atoms with E-state index in [9.17, 15) is 116 Å². The van der Waals surface area contributed by atoms with Crippen LogP contribution in [-0.2, 0) is 95.0 Å². The summed E-state index contributed by atoms with van der Waals surface area (Å²) in [6.07, 6.45) is -72.0. The summed E-state index contributed by atoms with van der Waals surface area (Å²) in [5, 5.41) is 227. The van der Waals surface area contributed by atoms with Crippen LogP contribution in [0.15, 0.2) is 0 Å². The van der Waals surface area contributed by atoms with E-state index in [-0.39, 0.29) is 93.3 Å². The average molecular weight is 1660 g/mol. The van der Waals surface area contributed by atoms with Crippen molar-refractivity contribution in [1.29, 1.82) is 0 Å². The summed E-state index contributed by atoms with van der Waals surface area (Å²) in [5.41, 5.74) is 0. The molecule has 14 bridgehead atoms. The summed E-state index contributed by atoms with van der Waals surface area (Å²) in [7, 11) is 1.50. The monoisotopic (exact) mass is 1660 g/mol. The van der Waals surface area contributed by atoms with Crippen molar-refractivity contribution in [1.82, 2.24) is 16.0 Å². The van der Waals surface area contributed by atoms with E-state index < -0.39 is 278 Å². The molecule has 21 aliphatic heterocycles. The Morgan fingerprint density at radius 2 is 0.633 bits per heavy atom. The van der Waals surface area contributed by atoms with Gasteiger partial charge in [-0.15, -0.1) is 0 Å². The Bertz CT molecular complexity index is 2740. The highest BCUT2D eigenvalue weighted by atomic mass is 32.2. The molecule has 14 unspecified atom stereocenters. The lowest BCUT2D eigenvalue weighted by atomic mass is 9.95. The van der Waals surface area contributed by atoms with Crippen LogP contribution in [0.4, 0.5) is 0 Å². The maximum atomic E-state index is 13.7. The molecule has 21 heterocycles. The lowest BCUT2D eigenvalue weighted by molar-refractivity contribution is -0.395. The zero-order valence-electron chi connectivity index (χ0n) is 59.4. The maximum Gasteiger partial charge on any atom is 0.238 e. The summed E-state index contributed by atoms with van der Waals surface area (Å²) in [4.78, 5) is 51.3. The highest BCUT2D eigenvalue weighted by Crippen LogP contribution is 2.40. The molecule has 21 rings (SSSR count). The van der Waals surface area contributed by atoms with Crippen LogP contribution in [0.2, 0.25) is 0 Å². The van der Waals surface area contributed by atoms with Crippen LogP contribution in [-0.4, -0.2) is 456 Å². The summed E-state index contributed by atoms with van der Waals surface area (Å²) in [6.45, 7) is -3.37. The van der Waals surface area contributed by atoms with Gasteiger partial charge in [-0.2, -0.15) is 48.8 Å². The Hall–Kier alpha value is -1.76. The molecule has 0 aromatic heterocycles. The molecule has 42 nitrogen and oxygen atoms in total. The minimum atomic E-state index is -2.29. The fraction of sp³-hybridized carbons (Fsp3) is 0.937. The molecular weight excluding hydrogens is 1550 g/mol. The summed E-state index contributed by atoms with van der Waals surface area (Å²) in [5.74, 6) is -2.89. The van der Waals surface area contributed by atoms with E-state index in [1.165, 1.54) is 14.0 Å². The van der Waals surface area contributed by atoms with Crippen LogP contribution in [0.25, 0.3) is 0 Å². The summed E-state index contributed by atoms with van der Waals surface area (Å²) in [6, 6.07) is -0.860. The zero-order valence-corrected chi connectivity index (χ0v) is 62.8. The van der Waals surface area contributed by atoms with Crippen molar-refractivity contribution >= 4 is 72.2 Å². The van der Waals surface area contributed by atoms with Crippen molar-refractivity contribution in [2.45, 2.75) is 247 Å². The largest absolute Gasteiger partial charge is 0.394 e. The number of aliphatic hydroxyl groups is 19. The summed E-state index contributed by atoms with van der Waals surface area (Å²) < 4.78 is 94.6. The molecule has 0 radical (unpaired) electrons. The Kier molecular flexibility index (Phi) is 38.0. The predicted octanol–water partition coefficient (Wildman–Crippen LogP) is -13.1. The number of aliphatic hydroxyl groups excluding tert-OH is 19. The number of amides is 2. The van der Waals surface area contributed by atoms with E-state index >= 15 is 0 Å². The van der Waals surface area contributed by atoms with Gasteiger partial charge in [-0.05, 0) is 14.0 Å². The highest BCUT2D eigenvalue weighted by molar-refractivity contribution is 7.99. The molecule has 0 aliphatic carbocycles. The molecule has 0 aromatic carbocycles. The first-order valence-corrected chi connectivity index (χ1v) is 39.2. The molecule has 632 valence electrons. The standard InChI is InChI=1S/C63H107N3O39S4/c1-23(72)3-7-90-9-10-91-8-4-25(73)13-24(55(88)65-5-11-106)19-108-21-32-53-39(79)46(86)62(97-32)102-51-30(17-70)93-59(42(82)35(51)75)101-50-29(16-69)96-61(45(85)38(50)78)105-54-33(22-109-20-26(64-2)56(89)66-6-12-107)98-63(47(87)40(54)80)103-52-31(18-71)94-58(43(83)36(52)76)99-48-27(14-67)92-57(41(81)34(48)74)100-49-28(15-68)95-60(104-53)44(84)37(49)77/h24,26-54,57-64,67-71,74-87,106-107H,3-22H2,1-2H3,(H,65,88)(H,66,89)/t24-,26-,27?,28?,29?,30?,31?,32?,33?,34-,35-,36-,37-,38-,39-,40-,41?,42?,43?,44?,45?,46?,47?,48-,49-,50-,51-,52-,53-,54-,57-,58-,59+,60-,61+,62-,63+/m1/s1. The average Bonchev–Trinajstić information content (AvgIpc) is 0.804. The molecule has 0 spiro atoms. The number of Topliss-reactive ketones (excluding diaryl/α,β-unsaturated/α-hetero) is 2. The van der Waals surface area contributed by atoms with Gasteiger partial charge in [-0.3, -0.25) is 19.2 Å². The molecule has 37 atom stereocenters. The minimum Gasteiger partial charge on any atom is -0.394 e. The van der Waals surface area contributed by atoms with Crippen LogP contribution in [0.3, 0.4) is 0 Å². The number of carbonyl (C=O) groups excluding carboxylic acids is 4. The first-order valence-electron chi connectivity index (χ1n) is 35.6. The molecule has 21 fully saturated rings. The molecule has 46 heteroatoms. The van der Waals surface area contributed by atoms with Crippen LogP contribution in [0.1, 0.15) is 26.2 Å². The number of hydrogen-bond donors (Lipinski definition) is 24. The first-order chi connectivity index (χ1) is 52.1. The molecule has 21 saturated heterocycles. The van der Waals surface area contributed by atoms with E-state index in [0.29, 0.717) is 5.75 Å². The number of ether oxygens (including phenoxy) is 16. The second-order valence-electron chi connectivity index (χ2n) is 27.1. The highest BCUT2D eigenvalue weighted by Gasteiger charge is 2.60. The van der Waals surface area contributed by atoms with E-state index in [0.717, 1.165) is 23.5 Å². The smallest absolute Gasteiger partial charge is 0.238 e. The zero-order chi connectivity index (χ0) is 79.7. The molecular formula is C63H107N3O39S4. The van der Waals surface area contributed by atoms with Gasteiger partial charge in [0.15, 0.2) is 44.0 Å². The van der Waals surface area contributed by atoms with Crippen molar-refractivity contribution in [3.63, 3.8) is 0 Å². The van der Waals surface area contributed by atoms with Crippen molar-refractivity contribution in [3.05, 3.63) is 0 Å². The van der Waals surface area contributed by atoms with Gasteiger partial charge in [0.2, 0.25) is 11.8 Å². The van der Waals surface area contributed by atoms with Crippen LogP contribution in [0.5, 0.6) is 0 Å². The quantitative estimate of drug-likeness (QED) is 0.0226. The second-order valence-corrected chi connectivity index (χ2v) is 30.1.